The molecule has 2 aromatic carbocycles. The molecular weight excluding hydrogens is 340 g/mol. The summed E-state index contributed by atoms with van der Waals surface area (Å²) in [6.45, 7) is 1.01. The molecule has 2 aromatic heterocycles. The van der Waals surface area contributed by atoms with Crippen LogP contribution in [-0.4, -0.2) is 26.2 Å². The molecule has 0 spiro atoms. The molecular formula is C21H16N4O2. The summed E-state index contributed by atoms with van der Waals surface area (Å²) in [5.74, 6) is 0.585. The summed E-state index contributed by atoms with van der Waals surface area (Å²) in [5, 5.41) is 8.46. The zero-order chi connectivity index (χ0) is 18.2. The highest BCUT2D eigenvalue weighted by molar-refractivity contribution is 5.95. The molecule has 1 N–H and O–H groups in total. The SMILES string of the molecule is O=C1Oc2cc3[nH]nc(-c4ccncc4)c3cc2CN1Cc1ccccc1. The molecule has 5 rings (SSSR count). The Morgan fingerprint density at radius 2 is 1.89 bits per heavy atom. The number of rotatable bonds is 3. The van der Waals surface area contributed by atoms with Crippen molar-refractivity contribution < 1.29 is 9.53 Å². The summed E-state index contributed by atoms with van der Waals surface area (Å²) in [7, 11) is 0. The minimum Gasteiger partial charge on any atom is -0.410 e. The quantitative estimate of drug-likeness (QED) is 0.599. The van der Waals surface area contributed by atoms with Gasteiger partial charge in [-0.05, 0) is 23.8 Å². The molecule has 1 aliphatic heterocycles. The number of benzene rings is 2. The number of aromatic amines is 1. The highest BCUT2D eigenvalue weighted by Crippen LogP contribution is 2.34. The predicted molar refractivity (Wildman–Crippen MR) is 101 cm³/mol. The van der Waals surface area contributed by atoms with Gasteiger partial charge in [-0.3, -0.25) is 15.0 Å². The van der Waals surface area contributed by atoms with Crippen LogP contribution in [-0.2, 0) is 13.1 Å². The highest BCUT2D eigenvalue weighted by atomic mass is 16.6. The number of nitrogens with one attached hydrogen (secondary N) is 1. The van der Waals surface area contributed by atoms with Crippen molar-refractivity contribution in [3.8, 4) is 17.0 Å². The average Bonchev–Trinajstić information content (AvgIpc) is 3.11. The van der Waals surface area contributed by atoms with E-state index in [0.29, 0.717) is 18.8 Å². The average molecular weight is 356 g/mol. The number of hydrogen-bond donors (Lipinski definition) is 1. The number of amides is 1. The lowest BCUT2D eigenvalue weighted by Crippen LogP contribution is -2.36. The zero-order valence-corrected chi connectivity index (χ0v) is 14.4. The van der Waals surface area contributed by atoms with E-state index in [9.17, 15) is 4.79 Å². The summed E-state index contributed by atoms with van der Waals surface area (Å²) in [6, 6.07) is 17.7. The molecule has 27 heavy (non-hydrogen) atoms. The van der Waals surface area contributed by atoms with E-state index in [1.807, 2.05) is 54.6 Å². The summed E-state index contributed by atoms with van der Waals surface area (Å²) < 4.78 is 5.57. The third kappa shape index (κ3) is 2.81. The van der Waals surface area contributed by atoms with Gasteiger partial charge < -0.3 is 4.74 Å². The Labute approximate surface area is 155 Å². The molecule has 132 valence electrons. The first-order valence-corrected chi connectivity index (χ1v) is 8.70. The Kier molecular flexibility index (Phi) is 3.60. The van der Waals surface area contributed by atoms with Crippen LogP contribution in [0.15, 0.2) is 67.0 Å². The molecule has 0 unspecified atom stereocenters. The lowest BCUT2D eigenvalue weighted by Gasteiger charge is -2.28. The highest BCUT2D eigenvalue weighted by Gasteiger charge is 2.26. The number of ether oxygens (including phenoxy) is 1. The van der Waals surface area contributed by atoms with Crippen molar-refractivity contribution in [3.05, 3.63) is 78.1 Å². The Morgan fingerprint density at radius 3 is 2.70 bits per heavy atom. The van der Waals surface area contributed by atoms with E-state index in [4.69, 9.17) is 4.74 Å². The number of carbonyl (C=O) groups excluding carboxylic acids is 1. The zero-order valence-electron chi connectivity index (χ0n) is 14.4. The van der Waals surface area contributed by atoms with Crippen LogP contribution in [0.1, 0.15) is 11.1 Å². The molecule has 0 radical (unpaired) electrons. The van der Waals surface area contributed by atoms with E-state index in [1.54, 1.807) is 17.3 Å². The molecule has 1 amide bonds. The van der Waals surface area contributed by atoms with Gasteiger partial charge in [-0.1, -0.05) is 30.3 Å². The predicted octanol–water partition coefficient (Wildman–Crippen LogP) is 4.14. The van der Waals surface area contributed by atoms with Crippen LogP contribution >= 0.6 is 0 Å². The second kappa shape index (κ2) is 6.25. The minimum atomic E-state index is -0.334. The van der Waals surface area contributed by atoms with Gasteiger partial charge in [0.15, 0.2) is 0 Å². The van der Waals surface area contributed by atoms with Gasteiger partial charge in [0.05, 0.1) is 12.1 Å². The normalized spacial score (nSPS) is 13.5. The van der Waals surface area contributed by atoms with Gasteiger partial charge in [0.25, 0.3) is 0 Å². The Balaban J connectivity index is 1.52. The van der Waals surface area contributed by atoms with E-state index in [0.717, 1.165) is 33.3 Å². The van der Waals surface area contributed by atoms with Crippen molar-refractivity contribution in [2.45, 2.75) is 13.1 Å². The van der Waals surface area contributed by atoms with Crippen LogP contribution in [0.25, 0.3) is 22.2 Å². The number of hydrogen-bond acceptors (Lipinski definition) is 4. The second-order valence-corrected chi connectivity index (χ2v) is 6.52. The largest absolute Gasteiger partial charge is 0.415 e. The monoisotopic (exact) mass is 356 g/mol. The van der Waals surface area contributed by atoms with Crippen molar-refractivity contribution in [1.29, 1.82) is 0 Å². The lowest BCUT2D eigenvalue weighted by atomic mass is 10.0. The maximum atomic E-state index is 12.4. The first-order valence-electron chi connectivity index (χ1n) is 8.70. The number of aromatic nitrogens is 3. The van der Waals surface area contributed by atoms with Crippen LogP contribution in [0.2, 0.25) is 0 Å². The molecule has 0 aliphatic carbocycles. The van der Waals surface area contributed by atoms with Gasteiger partial charge in [0.2, 0.25) is 0 Å². The van der Waals surface area contributed by atoms with Crippen molar-refractivity contribution in [1.82, 2.24) is 20.1 Å². The van der Waals surface area contributed by atoms with Crippen LogP contribution in [0.4, 0.5) is 4.79 Å². The molecule has 1 aliphatic rings. The number of pyridine rings is 1. The molecule has 6 nitrogen and oxygen atoms in total. The fourth-order valence-corrected chi connectivity index (χ4v) is 3.39. The van der Waals surface area contributed by atoms with Crippen molar-refractivity contribution in [2.75, 3.05) is 0 Å². The van der Waals surface area contributed by atoms with E-state index in [-0.39, 0.29) is 6.09 Å². The fraction of sp³-hybridized carbons (Fsp3) is 0.0952. The van der Waals surface area contributed by atoms with Gasteiger partial charge in [-0.15, -0.1) is 0 Å². The molecule has 3 heterocycles. The standard InChI is InChI=1S/C21H16N4O2/c26-21-25(12-14-4-2-1-3-5-14)13-16-10-17-18(11-19(16)27-21)23-24-20(17)15-6-8-22-9-7-15/h1-11H,12-13H2,(H,23,24). The summed E-state index contributed by atoms with van der Waals surface area (Å²) in [4.78, 5) is 18.2. The summed E-state index contributed by atoms with van der Waals surface area (Å²) in [6.07, 6.45) is 3.16. The number of carbonyl (C=O) groups is 1. The number of nitrogens with zero attached hydrogens (tertiary/aromatic N) is 3. The van der Waals surface area contributed by atoms with Crippen molar-refractivity contribution in [3.63, 3.8) is 0 Å². The molecule has 0 bridgehead atoms. The van der Waals surface area contributed by atoms with E-state index in [1.165, 1.54) is 0 Å². The van der Waals surface area contributed by atoms with Gasteiger partial charge in [0.1, 0.15) is 11.4 Å². The van der Waals surface area contributed by atoms with Crippen LogP contribution in [0.5, 0.6) is 5.75 Å². The van der Waals surface area contributed by atoms with Gasteiger partial charge in [-0.25, -0.2) is 4.79 Å². The van der Waals surface area contributed by atoms with Gasteiger partial charge >= 0.3 is 6.09 Å². The van der Waals surface area contributed by atoms with E-state index >= 15 is 0 Å². The second-order valence-electron chi connectivity index (χ2n) is 6.52. The third-order valence-corrected chi connectivity index (χ3v) is 4.73. The molecule has 4 aromatic rings. The first-order chi connectivity index (χ1) is 13.3. The number of fused-ring (bicyclic) bond motifs is 2. The lowest BCUT2D eigenvalue weighted by molar-refractivity contribution is 0.135. The fourth-order valence-electron chi connectivity index (χ4n) is 3.39. The number of H-pyrrole nitrogens is 1. The summed E-state index contributed by atoms with van der Waals surface area (Å²) >= 11 is 0. The van der Waals surface area contributed by atoms with Crippen LogP contribution in [0.3, 0.4) is 0 Å². The van der Waals surface area contributed by atoms with Gasteiger partial charge in [-0.2, -0.15) is 5.10 Å². The minimum absolute atomic E-state index is 0.334. The van der Waals surface area contributed by atoms with E-state index in [2.05, 4.69) is 15.2 Å². The van der Waals surface area contributed by atoms with Crippen LogP contribution in [0, 0.1) is 0 Å². The van der Waals surface area contributed by atoms with Crippen molar-refractivity contribution in [2.24, 2.45) is 0 Å². The molecule has 0 saturated heterocycles. The molecule has 0 saturated carbocycles. The molecule has 0 atom stereocenters. The van der Waals surface area contributed by atoms with Gasteiger partial charge in [0, 0.05) is 41.5 Å². The smallest absolute Gasteiger partial charge is 0.410 e. The van der Waals surface area contributed by atoms with Crippen LogP contribution < -0.4 is 4.74 Å². The maximum Gasteiger partial charge on any atom is 0.415 e. The Hall–Kier alpha value is -3.67. The van der Waals surface area contributed by atoms with E-state index < -0.39 is 0 Å². The van der Waals surface area contributed by atoms with Crippen molar-refractivity contribution >= 4 is 17.0 Å². The topological polar surface area (TPSA) is 71.1 Å². The molecule has 6 heteroatoms. The molecule has 0 fully saturated rings. The maximum absolute atomic E-state index is 12.4. The Morgan fingerprint density at radius 1 is 1.07 bits per heavy atom. The Bertz CT molecular complexity index is 1120. The summed E-state index contributed by atoms with van der Waals surface area (Å²) in [5.41, 5.74) is 4.73. The first kappa shape index (κ1) is 15.6. The third-order valence-electron chi connectivity index (χ3n) is 4.73.